The molecule has 1 saturated heterocycles. The Kier molecular flexibility index (Phi) is 5.19. The van der Waals surface area contributed by atoms with Crippen molar-refractivity contribution in [3.05, 3.63) is 57.8 Å². The Balaban J connectivity index is 1.36. The number of halogens is 2. The standard InChI is InChI=1S/C20H20ClFN4O3/c1-12-11-25(14-3-4-15(21)16(22)9-14)6-7-26(12)19(27)10-23-13-2-5-17-18(8-13)29-20(28)24-17/h2-5,8-9,12,23H,6-7,10-11H2,1H3,(H,24,28)/t12-/m1/s1. The Morgan fingerprint density at radius 2 is 2.14 bits per heavy atom. The molecule has 1 aliphatic heterocycles. The third kappa shape index (κ3) is 4.07. The molecule has 0 aliphatic carbocycles. The maximum atomic E-state index is 13.7. The fourth-order valence-corrected chi connectivity index (χ4v) is 3.70. The van der Waals surface area contributed by atoms with Gasteiger partial charge in [-0.2, -0.15) is 0 Å². The predicted molar refractivity (Wildman–Crippen MR) is 110 cm³/mol. The highest BCUT2D eigenvalue weighted by atomic mass is 35.5. The van der Waals surface area contributed by atoms with E-state index in [4.69, 9.17) is 16.0 Å². The van der Waals surface area contributed by atoms with Gasteiger partial charge in [0, 0.05) is 43.1 Å². The zero-order valence-corrected chi connectivity index (χ0v) is 16.5. The third-order valence-electron chi connectivity index (χ3n) is 5.08. The molecule has 7 nitrogen and oxygen atoms in total. The van der Waals surface area contributed by atoms with Crippen LogP contribution in [0.5, 0.6) is 0 Å². The molecule has 2 aromatic carbocycles. The molecule has 9 heteroatoms. The minimum absolute atomic E-state index is 0.0260. The summed E-state index contributed by atoms with van der Waals surface area (Å²) in [5.74, 6) is -0.995. The summed E-state index contributed by atoms with van der Waals surface area (Å²) in [5, 5.41) is 3.17. The first-order chi connectivity index (χ1) is 13.9. The van der Waals surface area contributed by atoms with Crippen molar-refractivity contribution in [1.82, 2.24) is 9.88 Å². The monoisotopic (exact) mass is 418 g/mol. The van der Waals surface area contributed by atoms with Crippen molar-refractivity contribution in [2.24, 2.45) is 0 Å². The van der Waals surface area contributed by atoms with Gasteiger partial charge in [-0.05, 0) is 37.3 Å². The van der Waals surface area contributed by atoms with E-state index in [1.807, 2.05) is 16.7 Å². The molecule has 0 bridgehead atoms. The smallest absolute Gasteiger partial charge is 0.408 e. The number of oxazole rings is 1. The number of fused-ring (bicyclic) bond motifs is 1. The normalized spacial score (nSPS) is 17.0. The van der Waals surface area contributed by atoms with Gasteiger partial charge in [0.1, 0.15) is 5.82 Å². The van der Waals surface area contributed by atoms with Gasteiger partial charge in [0.25, 0.3) is 0 Å². The number of rotatable bonds is 4. The van der Waals surface area contributed by atoms with Crippen LogP contribution in [0.15, 0.2) is 45.6 Å². The number of H-pyrrole nitrogens is 1. The van der Waals surface area contributed by atoms with Crippen LogP contribution in [0, 0.1) is 5.82 Å². The molecule has 2 N–H and O–H groups in total. The van der Waals surface area contributed by atoms with Gasteiger partial charge in [0.05, 0.1) is 17.1 Å². The lowest BCUT2D eigenvalue weighted by atomic mass is 10.1. The van der Waals surface area contributed by atoms with Crippen LogP contribution in [0.4, 0.5) is 15.8 Å². The minimum Gasteiger partial charge on any atom is -0.408 e. The molecule has 1 aliphatic rings. The Labute approximate surface area is 171 Å². The average molecular weight is 419 g/mol. The number of nitrogens with zero attached hydrogens (tertiary/aromatic N) is 2. The molecule has 1 fully saturated rings. The lowest BCUT2D eigenvalue weighted by Gasteiger charge is -2.41. The maximum absolute atomic E-state index is 13.7. The molecule has 0 radical (unpaired) electrons. The molecule has 4 rings (SSSR count). The number of hydrogen-bond donors (Lipinski definition) is 2. The number of carbonyl (C=O) groups is 1. The number of carbonyl (C=O) groups excluding carboxylic acids is 1. The average Bonchev–Trinajstić information content (AvgIpc) is 3.07. The number of piperazine rings is 1. The van der Waals surface area contributed by atoms with E-state index in [0.717, 1.165) is 5.69 Å². The van der Waals surface area contributed by atoms with Crippen molar-refractivity contribution in [3.63, 3.8) is 0 Å². The molecule has 2 heterocycles. The summed E-state index contributed by atoms with van der Waals surface area (Å²) in [6.07, 6.45) is 0. The Hall–Kier alpha value is -3.00. The van der Waals surface area contributed by atoms with Gasteiger partial charge in [-0.25, -0.2) is 9.18 Å². The largest absolute Gasteiger partial charge is 0.417 e. The van der Waals surface area contributed by atoms with Crippen LogP contribution in [0.2, 0.25) is 5.02 Å². The maximum Gasteiger partial charge on any atom is 0.417 e. The van der Waals surface area contributed by atoms with Crippen LogP contribution in [-0.4, -0.2) is 48.0 Å². The molecule has 1 aromatic heterocycles. The molecular formula is C20H20ClFN4O3. The minimum atomic E-state index is -0.513. The molecule has 29 heavy (non-hydrogen) atoms. The molecule has 3 aromatic rings. The van der Waals surface area contributed by atoms with Gasteiger partial charge in [-0.3, -0.25) is 9.78 Å². The number of benzene rings is 2. The topological polar surface area (TPSA) is 81.6 Å². The van der Waals surface area contributed by atoms with Gasteiger partial charge in [-0.15, -0.1) is 0 Å². The van der Waals surface area contributed by atoms with E-state index in [2.05, 4.69) is 10.3 Å². The lowest BCUT2D eigenvalue weighted by molar-refractivity contribution is -0.131. The molecule has 0 unspecified atom stereocenters. The molecule has 0 saturated carbocycles. The molecule has 0 spiro atoms. The van der Waals surface area contributed by atoms with Gasteiger partial charge in [-0.1, -0.05) is 11.6 Å². The number of anilines is 2. The highest BCUT2D eigenvalue weighted by Gasteiger charge is 2.27. The number of hydrogen-bond acceptors (Lipinski definition) is 5. The van der Waals surface area contributed by atoms with Crippen LogP contribution >= 0.6 is 11.6 Å². The summed E-state index contributed by atoms with van der Waals surface area (Å²) in [7, 11) is 0. The highest BCUT2D eigenvalue weighted by molar-refractivity contribution is 6.30. The fourth-order valence-electron chi connectivity index (χ4n) is 3.58. The Bertz CT molecular complexity index is 1110. The molecule has 1 atom stereocenters. The zero-order chi connectivity index (χ0) is 20.5. The van der Waals surface area contributed by atoms with Crippen LogP contribution in [0.25, 0.3) is 11.1 Å². The van der Waals surface area contributed by atoms with Gasteiger partial charge < -0.3 is 19.5 Å². The summed E-state index contributed by atoms with van der Waals surface area (Å²) in [6, 6.07) is 9.90. The van der Waals surface area contributed by atoms with Gasteiger partial charge in [0.15, 0.2) is 5.58 Å². The number of amides is 1. The van der Waals surface area contributed by atoms with E-state index in [-0.39, 0.29) is 23.5 Å². The first-order valence-electron chi connectivity index (χ1n) is 9.27. The quantitative estimate of drug-likeness (QED) is 0.680. The van der Waals surface area contributed by atoms with Gasteiger partial charge >= 0.3 is 5.76 Å². The van der Waals surface area contributed by atoms with Crippen LogP contribution < -0.4 is 16.0 Å². The summed E-state index contributed by atoms with van der Waals surface area (Å²) < 4.78 is 18.8. The Morgan fingerprint density at radius 1 is 1.31 bits per heavy atom. The fraction of sp³-hybridized carbons (Fsp3) is 0.300. The van der Waals surface area contributed by atoms with E-state index in [0.29, 0.717) is 36.4 Å². The highest BCUT2D eigenvalue weighted by Crippen LogP contribution is 2.24. The molecule has 1 amide bonds. The van der Waals surface area contributed by atoms with Crippen LogP contribution in [-0.2, 0) is 4.79 Å². The lowest BCUT2D eigenvalue weighted by Crippen LogP contribution is -2.55. The predicted octanol–water partition coefficient (Wildman–Crippen LogP) is 3.06. The van der Waals surface area contributed by atoms with Crippen LogP contribution in [0.1, 0.15) is 6.92 Å². The second-order valence-corrected chi connectivity index (χ2v) is 7.47. The van der Waals surface area contributed by atoms with Crippen molar-refractivity contribution in [2.75, 3.05) is 36.4 Å². The summed E-state index contributed by atoms with van der Waals surface area (Å²) >= 11 is 5.76. The van der Waals surface area contributed by atoms with Crippen molar-refractivity contribution < 1.29 is 13.6 Å². The first kappa shape index (κ1) is 19.3. The van der Waals surface area contributed by atoms with E-state index >= 15 is 0 Å². The third-order valence-corrected chi connectivity index (χ3v) is 5.39. The van der Waals surface area contributed by atoms with E-state index in [9.17, 15) is 14.0 Å². The van der Waals surface area contributed by atoms with E-state index < -0.39 is 11.6 Å². The van der Waals surface area contributed by atoms with E-state index in [1.54, 1.807) is 30.3 Å². The Morgan fingerprint density at radius 3 is 2.90 bits per heavy atom. The van der Waals surface area contributed by atoms with Gasteiger partial charge in [0.2, 0.25) is 5.91 Å². The summed E-state index contributed by atoms with van der Waals surface area (Å²) in [5.41, 5.74) is 2.49. The van der Waals surface area contributed by atoms with E-state index in [1.165, 1.54) is 6.07 Å². The zero-order valence-electron chi connectivity index (χ0n) is 15.7. The SMILES string of the molecule is C[C@@H]1CN(c2ccc(Cl)c(F)c2)CCN1C(=O)CNc1ccc2[nH]c(=O)oc2c1. The number of aromatic amines is 1. The second kappa shape index (κ2) is 7.79. The summed E-state index contributed by atoms with van der Waals surface area (Å²) in [6.45, 7) is 3.85. The van der Waals surface area contributed by atoms with Crippen molar-refractivity contribution in [3.8, 4) is 0 Å². The van der Waals surface area contributed by atoms with Crippen molar-refractivity contribution >= 4 is 40.0 Å². The second-order valence-electron chi connectivity index (χ2n) is 7.06. The van der Waals surface area contributed by atoms with Crippen LogP contribution in [0.3, 0.4) is 0 Å². The number of nitrogens with one attached hydrogen (secondary N) is 2. The summed E-state index contributed by atoms with van der Waals surface area (Å²) in [4.78, 5) is 30.3. The van der Waals surface area contributed by atoms with Crippen molar-refractivity contribution in [1.29, 1.82) is 0 Å². The number of aromatic nitrogens is 1. The molecule has 152 valence electrons. The van der Waals surface area contributed by atoms with Crippen molar-refractivity contribution in [2.45, 2.75) is 13.0 Å². The molecular weight excluding hydrogens is 399 g/mol. The first-order valence-corrected chi connectivity index (χ1v) is 9.65.